The molecule has 0 radical (unpaired) electrons. The van der Waals surface area contributed by atoms with Crippen molar-refractivity contribution in [1.82, 2.24) is 0 Å². The summed E-state index contributed by atoms with van der Waals surface area (Å²) in [7, 11) is -3.27. The van der Waals surface area contributed by atoms with Crippen LogP contribution in [0.5, 0.6) is 0 Å². The SMILES string of the molecule is C=CC(=O)c1ccc(NS(C)(=O)=O)cc1. The van der Waals surface area contributed by atoms with Crippen molar-refractivity contribution in [3.05, 3.63) is 42.5 Å². The summed E-state index contributed by atoms with van der Waals surface area (Å²) in [5, 5.41) is 0. The molecule has 0 unspecified atom stereocenters. The highest BCUT2D eigenvalue weighted by Crippen LogP contribution is 2.11. The van der Waals surface area contributed by atoms with Crippen LogP contribution in [0.15, 0.2) is 36.9 Å². The van der Waals surface area contributed by atoms with Gasteiger partial charge in [-0.05, 0) is 30.3 Å². The van der Waals surface area contributed by atoms with Crippen LogP contribution >= 0.6 is 0 Å². The van der Waals surface area contributed by atoms with Crippen LogP contribution in [0, 0.1) is 0 Å². The molecule has 0 heterocycles. The molecule has 0 aliphatic rings. The van der Waals surface area contributed by atoms with E-state index in [9.17, 15) is 13.2 Å². The zero-order valence-electron chi connectivity index (χ0n) is 8.23. The fourth-order valence-corrected chi connectivity index (χ4v) is 1.60. The quantitative estimate of drug-likeness (QED) is 0.622. The summed E-state index contributed by atoms with van der Waals surface area (Å²) < 4.78 is 24.1. The van der Waals surface area contributed by atoms with Crippen LogP contribution in [0.1, 0.15) is 10.4 Å². The number of allylic oxidation sites excluding steroid dienone is 1. The van der Waals surface area contributed by atoms with E-state index in [1.54, 1.807) is 0 Å². The molecule has 0 aliphatic carbocycles. The number of hydrogen-bond acceptors (Lipinski definition) is 3. The molecule has 1 aromatic rings. The highest BCUT2D eigenvalue weighted by Gasteiger charge is 2.03. The van der Waals surface area contributed by atoms with E-state index in [-0.39, 0.29) is 5.78 Å². The average molecular weight is 225 g/mol. The van der Waals surface area contributed by atoms with Crippen LogP contribution in [-0.2, 0) is 10.0 Å². The Morgan fingerprint density at radius 1 is 1.33 bits per heavy atom. The lowest BCUT2D eigenvalue weighted by atomic mass is 10.1. The van der Waals surface area contributed by atoms with Gasteiger partial charge in [-0.25, -0.2) is 8.42 Å². The maximum atomic E-state index is 11.2. The zero-order valence-corrected chi connectivity index (χ0v) is 9.04. The third-order valence-electron chi connectivity index (χ3n) is 1.66. The number of ketones is 1. The second-order valence-electron chi connectivity index (χ2n) is 3.02. The zero-order chi connectivity index (χ0) is 11.5. The van der Waals surface area contributed by atoms with Crippen molar-refractivity contribution in [2.45, 2.75) is 0 Å². The van der Waals surface area contributed by atoms with Crippen molar-refractivity contribution in [1.29, 1.82) is 0 Å². The standard InChI is InChI=1S/C10H11NO3S/c1-3-10(12)8-4-6-9(7-5-8)11-15(2,13)14/h3-7,11H,1H2,2H3. The molecule has 0 spiro atoms. The molecule has 4 nitrogen and oxygen atoms in total. The highest BCUT2D eigenvalue weighted by atomic mass is 32.2. The van der Waals surface area contributed by atoms with Crippen LogP contribution in [0.2, 0.25) is 0 Å². The molecule has 0 amide bonds. The van der Waals surface area contributed by atoms with Crippen molar-refractivity contribution in [2.75, 3.05) is 11.0 Å². The first-order chi connectivity index (χ1) is 6.92. The molecule has 80 valence electrons. The summed E-state index contributed by atoms with van der Waals surface area (Å²) in [6.07, 6.45) is 2.27. The summed E-state index contributed by atoms with van der Waals surface area (Å²) in [6, 6.07) is 6.13. The number of anilines is 1. The van der Waals surface area contributed by atoms with E-state index >= 15 is 0 Å². The van der Waals surface area contributed by atoms with Crippen LogP contribution < -0.4 is 4.72 Å². The summed E-state index contributed by atoms with van der Waals surface area (Å²) in [5.74, 6) is -0.194. The molecule has 0 bridgehead atoms. The number of carbonyl (C=O) groups is 1. The van der Waals surface area contributed by atoms with Crippen molar-refractivity contribution >= 4 is 21.5 Å². The van der Waals surface area contributed by atoms with E-state index < -0.39 is 10.0 Å². The second-order valence-corrected chi connectivity index (χ2v) is 4.77. The van der Waals surface area contributed by atoms with Crippen molar-refractivity contribution in [3.8, 4) is 0 Å². The van der Waals surface area contributed by atoms with Crippen LogP contribution in [0.25, 0.3) is 0 Å². The number of rotatable bonds is 4. The predicted octanol–water partition coefficient (Wildman–Crippen LogP) is 1.43. The van der Waals surface area contributed by atoms with Gasteiger partial charge >= 0.3 is 0 Å². The smallest absolute Gasteiger partial charge is 0.229 e. The van der Waals surface area contributed by atoms with Gasteiger partial charge in [0.05, 0.1) is 6.26 Å². The Morgan fingerprint density at radius 2 is 1.87 bits per heavy atom. The minimum absolute atomic E-state index is 0.194. The van der Waals surface area contributed by atoms with Crippen LogP contribution in [0.3, 0.4) is 0 Å². The maximum Gasteiger partial charge on any atom is 0.229 e. The van der Waals surface area contributed by atoms with Gasteiger partial charge in [-0.1, -0.05) is 6.58 Å². The van der Waals surface area contributed by atoms with Gasteiger partial charge in [-0.2, -0.15) is 0 Å². The lowest BCUT2D eigenvalue weighted by Gasteiger charge is -2.03. The largest absolute Gasteiger partial charge is 0.289 e. The molecule has 0 saturated heterocycles. The first-order valence-electron chi connectivity index (χ1n) is 4.17. The molecule has 0 saturated carbocycles. The number of sulfonamides is 1. The third-order valence-corrected chi connectivity index (χ3v) is 2.26. The second kappa shape index (κ2) is 4.27. The van der Waals surface area contributed by atoms with Gasteiger partial charge in [-0.15, -0.1) is 0 Å². The van der Waals surface area contributed by atoms with Gasteiger partial charge in [0.15, 0.2) is 5.78 Å². The molecule has 0 aliphatic heterocycles. The van der Waals surface area contributed by atoms with E-state index in [1.807, 2.05) is 0 Å². The van der Waals surface area contributed by atoms with Gasteiger partial charge in [0.1, 0.15) is 0 Å². The molecular formula is C10H11NO3S. The molecule has 1 rings (SSSR count). The van der Waals surface area contributed by atoms with E-state index in [0.717, 1.165) is 6.26 Å². The Labute approximate surface area is 88.7 Å². The van der Waals surface area contributed by atoms with Gasteiger partial charge in [0.2, 0.25) is 10.0 Å². The van der Waals surface area contributed by atoms with Crippen molar-refractivity contribution in [3.63, 3.8) is 0 Å². The number of carbonyl (C=O) groups excluding carboxylic acids is 1. The molecule has 0 aromatic heterocycles. The Kier molecular flexibility index (Phi) is 3.26. The normalized spacial score (nSPS) is 10.7. The van der Waals surface area contributed by atoms with E-state index in [4.69, 9.17) is 0 Å². The third kappa shape index (κ3) is 3.55. The Balaban J connectivity index is 2.91. The monoisotopic (exact) mass is 225 g/mol. The lowest BCUT2D eigenvalue weighted by molar-refractivity contribution is 0.104. The Bertz CT molecular complexity index is 474. The number of hydrogen-bond donors (Lipinski definition) is 1. The first-order valence-corrected chi connectivity index (χ1v) is 6.06. The summed E-state index contributed by atoms with van der Waals surface area (Å²) >= 11 is 0. The summed E-state index contributed by atoms with van der Waals surface area (Å²) in [4.78, 5) is 11.2. The minimum Gasteiger partial charge on any atom is -0.289 e. The predicted molar refractivity (Wildman–Crippen MR) is 59.4 cm³/mol. The average Bonchev–Trinajstić information content (AvgIpc) is 2.15. The molecule has 5 heteroatoms. The summed E-state index contributed by atoms with van der Waals surface area (Å²) in [6.45, 7) is 3.36. The van der Waals surface area contributed by atoms with E-state index in [2.05, 4.69) is 11.3 Å². The Hall–Kier alpha value is -1.62. The van der Waals surface area contributed by atoms with Gasteiger partial charge < -0.3 is 0 Å². The van der Waals surface area contributed by atoms with Crippen molar-refractivity contribution < 1.29 is 13.2 Å². The highest BCUT2D eigenvalue weighted by molar-refractivity contribution is 7.92. The van der Waals surface area contributed by atoms with E-state index in [0.29, 0.717) is 11.3 Å². The fourth-order valence-electron chi connectivity index (χ4n) is 1.03. The topological polar surface area (TPSA) is 63.2 Å². The molecule has 1 aromatic carbocycles. The number of benzene rings is 1. The minimum atomic E-state index is -3.27. The Morgan fingerprint density at radius 3 is 2.27 bits per heavy atom. The maximum absolute atomic E-state index is 11.2. The molecule has 0 fully saturated rings. The lowest BCUT2D eigenvalue weighted by Crippen LogP contribution is -2.09. The van der Waals surface area contributed by atoms with Crippen LogP contribution in [0.4, 0.5) is 5.69 Å². The first kappa shape index (κ1) is 11.5. The van der Waals surface area contributed by atoms with E-state index in [1.165, 1.54) is 30.3 Å². The molecular weight excluding hydrogens is 214 g/mol. The molecule has 15 heavy (non-hydrogen) atoms. The molecule has 1 N–H and O–H groups in total. The van der Waals surface area contributed by atoms with Gasteiger partial charge in [-0.3, -0.25) is 9.52 Å². The summed E-state index contributed by atoms with van der Waals surface area (Å²) in [5.41, 5.74) is 0.905. The van der Waals surface area contributed by atoms with Gasteiger partial charge in [0, 0.05) is 11.3 Å². The fraction of sp³-hybridized carbons (Fsp3) is 0.100. The van der Waals surface area contributed by atoms with Gasteiger partial charge in [0.25, 0.3) is 0 Å². The molecule has 0 atom stereocenters. The number of nitrogens with one attached hydrogen (secondary N) is 1. The van der Waals surface area contributed by atoms with Crippen molar-refractivity contribution in [2.24, 2.45) is 0 Å². The van der Waals surface area contributed by atoms with Crippen LogP contribution in [-0.4, -0.2) is 20.5 Å².